The first-order valence-corrected chi connectivity index (χ1v) is 7.77. The maximum absolute atomic E-state index is 2.27. The summed E-state index contributed by atoms with van der Waals surface area (Å²) >= 11 is 0. The van der Waals surface area contributed by atoms with Crippen LogP contribution >= 0.6 is 0 Å². The van der Waals surface area contributed by atoms with E-state index in [1.807, 2.05) is 0 Å². The van der Waals surface area contributed by atoms with Gasteiger partial charge < -0.3 is 0 Å². The highest BCUT2D eigenvalue weighted by Gasteiger charge is 2.04. The molecule has 0 heteroatoms. The molecule has 0 aromatic heterocycles. The molecule has 4 aromatic carbocycles. The molecule has 0 bridgehead atoms. The zero-order chi connectivity index (χ0) is 14.9. The van der Waals surface area contributed by atoms with Gasteiger partial charge in [-0.15, -0.1) is 0 Å². The Morgan fingerprint density at radius 2 is 1.36 bits per heavy atom. The fraction of sp³-hybridized carbons (Fsp3) is 0.0909. The summed E-state index contributed by atoms with van der Waals surface area (Å²) in [6.07, 6.45) is 0.999. The van der Waals surface area contributed by atoms with Crippen LogP contribution < -0.4 is 5.22 Å². The summed E-state index contributed by atoms with van der Waals surface area (Å²) in [6.45, 7) is 2.25. The molecule has 0 heterocycles. The predicted molar refractivity (Wildman–Crippen MR) is 95.9 cm³/mol. The summed E-state index contributed by atoms with van der Waals surface area (Å²) < 4.78 is 0. The van der Waals surface area contributed by atoms with Crippen LogP contribution in [0.4, 0.5) is 0 Å². The van der Waals surface area contributed by atoms with Crippen LogP contribution in [-0.2, 0) is 6.42 Å². The first-order chi connectivity index (χ1) is 10.8. The van der Waals surface area contributed by atoms with Gasteiger partial charge >= 0.3 is 0 Å². The Labute approximate surface area is 130 Å². The minimum absolute atomic E-state index is 0.999. The Balaban J connectivity index is 1.99. The van der Waals surface area contributed by atoms with Crippen molar-refractivity contribution in [3.05, 3.63) is 89.6 Å². The first kappa shape index (κ1) is 13.1. The Kier molecular flexibility index (Phi) is 3.16. The molecule has 0 fully saturated rings. The topological polar surface area (TPSA) is 0 Å². The molecule has 22 heavy (non-hydrogen) atoms. The van der Waals surface area contributed by atoms with Gasteiger partial charge in [0.15, 0.2) is 0 Å². The van der Waals surface area contributed by atoms with Gasteiger partial charge in [0, 0.05) is 0 Å². The highest BCUT2D eigenvalue weighted by atomic mass is 14.1. The second-order valence-electron chi connectivity index (χ2n) is 5.94. The highest BCUT2D eigenvalue weighted by Crippen LogP contribution is 2.24. The van der Waals surface area contributed by atoms with E-state index in [0.717, 1.165) is 6.42 Å². The highest BCUT2D eigenvalue weighted by molar-refractivity contribution is 6.10. The molecule has 0 aliphatic rings. The van der Waals surface area contributed by atoms with Crippen molar-refractivity contribution in [3.8, 4) is 0 Å². The van der Waals surface area contributed by atoms with E-state index in [1.165, 1.54) is 37.9 Å². The summed E-state index contributed by atoms with van der Waals surface area (Å²) in [5, 5.41) is 6.76. The van der Waals surface area contributed by atoms with Gasteiger partial charge in [-0.25, -0.2) is 0 Å². The van der Waals surface area contributed by atoms with Crippen LogP contribution in [0.5, 0.6) is 0 Å². The number of hydrogen-bond acceptors (Lipinski definition) is 0. The maximum atomic E-state index is 2.27. The standard InChI is InChI=1S/C22H18/c1-16(15-17-7-3-2-4-8-17)20-14-13-19-10-5-9-18-11-6-12-21(20)22(18)19/h2-14H,15H2,1H3/b20-16+. The molecule has 0 saturated heterocycles. The molecule has 0 amide bonds. The lowest BCUT2D eigenvalue weighted by Gasteiger charge is -2.09. The number of hydrogen-bond donors (Lipinski definition) is 0. The van der Waals surface area contributed by atoms with Crippen molar-refractivity contribution in [3.63, 3.8) is 0 Å². The average Bonchev–Trinajstić information content (AvgIpc) is 2.56. The number of benzene rings is 4. The quantitative estimate of drug-likeness (QED) is 0.478. The Morgan fingerprint density at radius 1 is 0.682 bits per heavy atom. The van der Waals surface area contributed by atoms with Crippen LogP contribution in [0.2, 0.25) is 0 Å². The summed E-state index contributed by atoms with van der Waals surface area (Å²) in [5.74, 6) is 0. The Hall–Kier alpha value is -2.60. The van der Waals surface area contributed by atoms with Crippen molar-refractivity contribution in [1.29, 1.82) is 0 Å². The van der Waals surface area contributed by atoms with Gasteiger partial charge in [-0.3, -0.25) is 0 Å². The SMILES string of the molecule is C/C(Cc1ccccc1)=c1/ccc2cccc3cccc1c32. The lowest BCUT2D eigenvalue weighted by Crippen LogP contribution is -2.07. The predicted octanol–water partition coefficient (Wildman–Crippen LogP) is 5.13. The second-order valence-corrected chi connectivity index (χ2v) is 5.94. The van der Waals surface area contributed by atoms with Gasteiger partial charge in [0.1, 0.15) is 0 Å². The average molecular weight is 282 g/mol. The zero-order valence-corrected chi connectivity index (χ0v) is 12.7. The molecule has 0 saturated carbocycles. The van der Waals surface area contributed by atoms with E-state index < -0.39 is 0 Å². The van der Waals surface area contributed by atoms with Crippen LogP contribution in [0.3, 0.4) is 0 Å². The monoisotopic (exact) mass is 282 g/mol. The zero-order valence-electron chi connectivity index (χ0n) is 12.7. The van der Waals surface area contributed by atoms with Crippen LogP contribution in [0.15, 0.2) is 78.9 Å². The van der Waals surface area contributed by atoms with E-state index >= 15 is 0 Å². The van der Waals surface area contributed by atoms with Crippen LogP contribution in [0, 0.1) is 0 Å². The molecule has 0 spiro atoms. The smallest absolute Gasteiger partial charge is 0.00329 e. The van der Waals surface area contributed by atoms with E-state index in [-0.39, 0.29) is 0 Å². The summed E-state index contributed by atoms with van der Waals surface area (Å²) in [7, 11) is 0. The van der Waals surface area contributed by atoms with Gasteiger partial charge in [0.05, 0.1) is 0 Å². The third kappa shape index (κ3) is 2.17. The van der Waals surface area contributed by atoms with Gasteiger partial charge in [-0.1, -0.05) is 84.4 Å². The van der Waals surface area contributed by atoms with Crippen molar-refractivity contribution >= 4 is 27.1 Å². The fourth-order valence-electron chi connectivity index (χ4n) is 3.37. The van der Waals surface area contributed by atoms with Crippen LogP contribution in [0.1, 0.15) is 12.5 Å². The van der Waals surface area contributed by atoms with E-state index in [0.29, 0.717) is 0 Å². The molecule has 4 rings (SSSR count). The van der Waals surface area contributed by atoms with Gasteiger partial charge in [-0.05, 0) is 45.7 Å². The molecule has 0 atom stereocenters. The largest absolute Gasteiger partial charge is 0.0622 e. The lowest BCUT2D eigenvalue weighted by atomic mass is 9.96. The third-order valence-corrected chi connectivity index (χ3v) is 4.43. The molecule has 0 unspecified atom stereocenters. The van der Waals surface area contributed by atoms with Gasteiger partial charge in [0.25, 0.3) is 0 Å². The van der Waals surface area contributed by atoms with Crippen molar-refractivity contribution in [2.75, 3.05) is 0 Å². The van der Waals surface area contributed by atoms with Gasteiger partial charge in [-0.2, -0.15) is 0 Å². The molecule has 0 N–H and O–H groups in total. The maximum Gasteiger partial charge on any atom is -0.00329 e. The van der Waals surface area contributed by atoms with Crippen molar-refractivity contribution in [2.24, 2.45) is 0 Å². The van der Waals surface area contributed by atoms with E-state index in [2.05, 4.69) is 85.8 Å². The second kappa shape index (κ2) is 5.31. The van der Waals surface area contributed by atoms with Crippen molar-refractivity contribution in [1.82, 2.24) is 0 Å². The van der Waals surface area contributed by atoms with Crippen molar-refractivity contribution in [2.45, 2.75) is 13.3 Å². The third-order valence-electron chi connectivity index (χ3n) is 4.43. The van der Waals surface area contributed by atoms with Gasteiger partial charge in [0.2, 0.25) is 0 Å². The van der Waals surface area contributed by atoms with E-state index in [9.17, 15) is 0 Å². The lowest BCUT2D eigenvalue weighted by molar-refractivity contribution is 1.25. The van der Waals surface area contributed by atoms with E-state index in [1.54, 1.807) is 0 Å². The number of rotatable bonds is 2. The Morgan fingerprint density at radius 3 is 2.14 bits per heavy atom. The summed E-state index contributed by atoms with van der Waals surface area (Å²) in [6, 6.07) is 28.4. The molecule has 0 nitrogen and oxygen atoms in total. The fourth-order valence-corrected chi connectivity index (χ4v) is 3.37. The minimum Gasteiger partial charge on any atom is -0.0622 e. The molecule has 0 radical (unpaired) electrons. The molecular weight excluding hydrogens is 264 g/mol. The summed E-state index contributed by atoms with van der Waals surface area (Å²) in [5.41, 5.74) is 2.79. The van der Waals surface area contributed by atoms with Crippen LogP contribution in [0.25, 0.3) is 27.1 Å². The molecule has 0 aliphatic heterocycles. The minimum atomic E-state index is 0.999. The van der Waals surface area contributed by atoms with Crippen molar-refractivity contribution < 1.29 is 0 Å². The molecule has 4 aromatic rings. The van der Waals surface area contributed by atoms with Crippen LogP contribution in [-0.4, -0.2) is 0 Å². The molecular formula is C22H18. The first-order valence-electron chi connectivity index (χ1n) is 7.77. The normalized spacial score (nSPS) is 12.8. The molecule has 106 valence electrons. The Bertz CT molecular complexity index is 971. The summed E-state index contributed by atoms with van der Waals surface area (Å²) in [4.78, 5) is 0. The van der Waals surface area contributed by atoms with E-state index in [4.69, 9.17) is 0 Å². The molecule has 0 aliphatic carbocycles.